The molecule has 1 unspecified atom stereocenters. The summed E-state index contributed by atoms with van der Waals surface area (Å²) >= 11 is 0. The van der Waals surface area contributed by atoms with Gasteiger partial charge >= 0.3 is 0 Å². The fourth-order valence-corrected chi connectivity index (χ4v) is 4.72. The summed E-state index contributed by atoms with van der Waals surface area (Å²) in [7, 11) is 0. The number of benzene rings is 1. The molecule has 3 aromatic heterocycles. The zero-order valence-electron chi connectivity index (χ0n) is 19.8. The summed E-state index contributed by atoms with van der Waals surface area (Å²) in [6.45, 7) is 3.85. The fourth-order valence-electron chi connectivity index (χ4n) is 4.72. The van der Waals surface area contributed by atoms with Crippen molar-refractivity contribution in [1.82, 2.24) is 35.1 Å². The van der Waals surface area contributed by atoms with E-state index in [0.29, 0.717) is 62.0 Å². The Kier molecular flexibility index (Phi) is 6.31. The monoisotopic (exact) mass is 489 g/mol. The molecule has 0 aliphatic carbocycles. The summed E-state index contributed by atoms with van der Waals surface area (Å²) in [5, 5.41) is 13.3. The lowest BCUT2D eigenvalue weighted by molar-refractivity contribution is 0.0914. The molecule has 11 nitrogen and oxygen atoms in total. The van der Waals surface area contributed by atoms with Gasteiger partial charge in [-0.1, -0.05) is 6.07 Å². The van der Waals surface area contributed by atoms with Crippen LogP contribution in [0.2, 0.25) is 0 Å². The molecule has 1 fully saturated rings. The molecule has 11 heteroatoms. The first-order chi connectivity index (χ1) is 17.7. The number of aromatic nitrogens is 6. The number of H-pyrrole nitrogens is 1. The quantitative estimate of drug-likeness (QED) is 0.396. The summed E-state index contributed by atoms with van der Waals surface area (Å²) in [6.07, 6.45) is 5.76. The molecule has 1 N–H and O–H groups in total. The number of pyridine rings is 2. The van der Waals surface area contributed by atoms with Crippen LogP contribution in [-0.2, 0) is 30.9 Å². The van der Waals surface area contributed by atoms with Crippen LogP contribution in [0.15, 0.2) is 47.5 Å². The fraction of sp³-hybridized carbons (Fsp3) is 0.400. The molecular formula is C25H27N7O4. The average Bonchev–Trinajstić information content (AvgIpc) is 3.56. The zero-order valence-corrected chi connectivity index (χ0v) is 19.8. The van der Waals surface area contributed by atoms with Gasteiger partial charge in [-0.15, -0.1) is 5.10 Å². The number of fused-ring (bicyclic) bond motifs is 2. The first-order valence-corrected chi connectivity index (χ1v) is 12.1. The summed E-state index contributed by atoms with van der Waals surface area (Å²) < 4.78 is 19.0. The molecule has 2 aliphatic heterocycles. The largest absolute Gasteiger partial charge is 0.486 e. The molecule has 4 aromatic rings. The molecule has 0 radical (unpaired) electrons. The van der Waals surface area contributed by atoms with Crippen LogP contribution >= 0.6 is 0 Å². The lowest BCUT2D eigenvalue weighted by atomic mass is 10.1. The van der Waals surface area contributed by atoms with Crippen LogP contribution in [0.25, 0.3) is 10.9 Å². The van der Waals surface area contributed by atoms with Crippen LogP contribution in [-0.4, -0.2) is 61.0 Å². The van der Waals surface area contributed by atoms with E-state index in [-0.39, 0.29) is 11.7 Å². The Hall–Kier alpha value is -3.83. The molecule has 0 saturated carbocycles. The van der Waals surface area contributed by atoms with Crippen LogP contribution in [0, 0.1) is 0 Å². The molecule has 1 aromatic carbocycles. The first kappa shape index (κ1) is 22.6. The Morgan fingerprint density at radius 1 is 1.08 bits per heavy atom. The molecule has 1 atom stereocenters. The van der Waals surface area contributed by atoms with Crippen LogP contribution < -0.4 is 15.0 Å². The second kappa shape index (κ2) is 10.0. The number of aromatic amines is 1. The maximum absolute atomic E-state index is 13.1. The van der Waals surface area contributed by atoms with Crippen LogP contribution in [0.4, 0.5) is 0 Å². The summed E-state index contributed by atoms with van der Waals surface area (Å²) in [4.78, 5) is 22.5. The van der Waals surface area contributed by atoms with Crippen LogP contribution in [0.3, 0.4) is 0 Å². The highest BCUT2D eigenvalue weighted by atomic mass is 16.6. The van der Waals surface area contributed by atoms with E-state index in [9.17, 15) is 4.79 Å². The van der Waals surface area contributed by atoms with Gasteiger partial charge in [0.1, 0.15) is 13.2 Å². The Labute approximate surface area is 207 Å². The van der Waals surface area contributed by atoms with Gasteiger partial charge in [-0.05, 0) is 47.0 Å². The van der Waals surface area contributed by atoms with Gasteiger partial charge in [-0.2, -0.15) is 0 Å². The number of hydrogen-bond acceptors (Lipinski definition) is 9. The molecule has 2 aliphatic rings. The van der Waals surface area contributed by atoms with Crippen molar-refractivity contribution < 1.29 is 14.2 Å². The lowest BCUT2D eigenvalue weighted by Gasteiger charge is -2.22. The average molecular weight is 490 g/mol. The Morgan fingerprint density at radius 3 is 2.78 bits per heavy atom. The van der Waals surface area contributed by atoms with E-state index in [1.165, 1.54) is 0 Å². The van der Waals surface area contributed by atoms with Crippen molar-refractivity contribution in [3.8, 4) is 11.5 Å². The van der Waals surface area contributed by atoms with Gasteiger partial charge < -0.3 is 19.2 Å². The number of nitrogens with one attached hydrogen (secondary N) is 1. The number of hydrogen-bond donors (Lipinski definition) is 1. The van der Waals surface area contributed by atoms with Crippen molar-refractivity contribution in [2.45, 2.75) is 45.1 Å². The minimum Gasteiger partial charge on any atom is -0.486 e. The van der Waals surface area contributed by atoms with Gasteiger partial charge in [0.2, 0.25) is 0 Å². The Balaban J connectivity index is 1.28. The Bertz CT molecular complexity index is 1400. The third-order valence-electron chi connectivity index (χ3n) is 6.48. The number of ether oxygens (including phenoxy) is 3. The highest BCUT2D eigenvalue weighted by Crippen LogP contribution is 2.33. The van der Waals surface area contributed by atoms with E-state index in [2.05, 4.69) is 30.4 Å². The van der Waals surface area contributed by atoms with Crippen molar-refractivity contribution in [2.24, 2.45) is 0 Å². The predicted octanol–water partition coefficient (Wildman–Crippen LogP) is 2.06. The van der Waals surface area contributed by atoms with E-state index in [1.807, 2.05) is 36.5 Å². The topological polar surface area (TPSA) is 120 Å². The standard InChI is InChI=1S/C25H27N7O4/c33-25-19(9-18-10-22-23(11-21(18)27-25)36-8-7-35-22)14-31(13-17-3-1-5-26-12-17)16-24-28-29-30-32(24)15-20-4-2-6-34-20/h1,3,5,9-12,20H,2,4,6-8,13-16H2,(H,27,33). The van der Waals surface area contributed by atoms with Gasteiger partial charge in [-0.3, -0.25) is 14.7 Å². The maximum Gasteiger partial charge on any atom is 0.252 e. The van der Waals surface area contributed by atoms with Gasteiger partial charge in [0.05, 0.1) is 24.7 Å². The second-order valence-corrected chi connectivity index (χ2v) is 9.13. The molecule has 6 rings (SSSR count). The van der Waals surface area contributed by atoms with E-state index in [4.69, 9.17) is 14.2 Å². The van der Waals surface area contributed by atoms with Crippen molar-refractivity contribution in [3.05, 3.63) is 70.0 Å². The predicted molar refractivity (Wildman–Crippen MR) is 130 cm³/mol. The van der Waals surface area contributed by atoms with Gasteiger partial charge in [0.15, 0.2) is 17.3 Å². The number of tetrazole rings is 1. The van der Waals surface area contributed by atoms with Gasteiger partial charge in [-0.25, -0.2) is 4.68 Å². The van der Waals surface area contributed by atoms with Crippen molar-refractivity contribution in [1.29, 1.82) is 0 Å². The summed E-state index contributed by atoms with van der Waals surface area (Å²) in [5.41, 5.74) is 2.25. The molecule has 0 spiro atoms. The summed E-state index contributed by atoms with van der Waals surface area (Å²) in [6, 6.07) is 9.57. The van der Waals surface area contributed by atoms with Gasteiger partial charge in [0.25, 0.3) is 5.56 Å². The smallest absolute Gasteiger partial charge is 0.252 e. The molecular weight excluding hydrogens is 462 g/mol. The third-order valence-corrected chi connectivity index (χ3v) is 6.48. The second-order valence-electron chi connectivity index (χ2n) is 9.13. The molecule has 1 saturated heterocycles. The Morgan fingerprint density at radius 2 is 1.97 bits per heavy atom. The normalized spacial score (nSPS) is 17.2. The molecule has 5 heterocycles. The maximum atomic E-state index is 13.1. The molecule has 186 valence electrons. The lowest BCUT2D eigenvalue weighted by Crippen LogP contribution is -2.29. The van der Waals surface area contributed by atoms with Gasteiger partial charge in [0, 0.05) is 49.1 Å². The van der Waals surface area contributed by atoms with Crippen molar-refractivity contribution in [2.75, 3.05) is 19.8 Å². The van der Waals surface area contributed by atoms with Crippen LogP contribution in [0.1, 0.15) is 29.8 Å². The molecule has 0 amide bonds. The number of rotatable bonds is 8. The highest BCUT2D eigenvalue weighted by Gasteiger charge is 2.21. The number of nitrogens with zero attached hydrogens (tertiary/aromatic N) is 6. The van der Waals surface area contributed by atoms with E-state index >= 15 is 0 Å². The minimum atomic E-state index is -0.144. The zero-order chi connectivity index (χ0) is 24.3. The SMILES string of the molecule is O=c1[nH]c2cc3c(cc2cc1CN(Cc1cccnc1)Cc1nnnn1CC1CCCO1)OCCO3. The molecule has 0 bridgehead atoms. The van der Waals surface area contributed by atoms with Crippen molar-refractivity contribution >= 4 is 10.9 Å². The molecule has 36 heavy (non-hydrogen) atoms. The third kappa shape index (κ3) is 4.93. The first-order valence-electron chi connectivity index (χ1n) is 12.1. The van der Waals surface area contributed by atoms with E-state index in [1.54, 1.807) is 10.9 Å². The minimum absolute atomic E-state index is 0.125. The van der Waals surface area contributed by atoms with Crippen LogP contribution in [0.5, 0.6) is 11.5 Å². The van der Waals surface area contributed by atoms with E-state index < -0.39 is 0 Å². The highest BCUT2D eigenvalue weighted by molar-refractivity contribution is 5.83. The summed E-state index contributed by atoms with van der Waals surface area (Å²) in [5.74, 6) is 2.06. The van der Waals surface area contributed by atoms with Crippen molar-refractivity contribution in [3.63, 3.8) is 0 Å². The van der Waals surface area contributed by atoms with E-state index in [0.717, 1.165) is 36.2 Å².